The van der Waals surface area contributed by atoms with Crippen molar-refractivity contribution in [2.24, 2.45) is 0 Å². The number of aromatic carboxylic acids is 1. The van der Waals surface area contributed by atoms with Crippen LogP contribution in [0.5, 0.6) is 5.75 Å². The van der Waals surface area contributed by atoms with Crippen molar-refractivity contribution in [3.8, 4) is 17.0 Å². The summed E-state index contributed by atoms with van der Waals surface area (Å²) in [4.78, 5) is 33.9. The zero-order valence-electron chi connectivity index (χ0n) is 19.7. The van der Waals surface area contributed by atoms with Crippen molar-refractivity contribution >= 4 is 29.2 Å². The van der Waals surface area contributed by atoms with E-state index >= 15 is 0 Å². The second kappa shape index (κ2) is 11.4. The normalized spacial score (nSPS) is 15.4. The number of carboxylic acid groups (broad SMARTS) is 1. The molecule has 0 bridgehead atoms. The topological polar surface area (TPSA) is 131 Å². The largest absolute Gasteiger partial charge is 0.496 e. The molecule has 0 amide bonds. The van der Waals surface area contributed by atoms with Crippen LogP contribution >= 0.6 is 0 Å². The van der Waals surface area contributed by atoms with E-state index in [2.05, 4.69) is 15.3 Å². The summed E-state index contributed by atoms with van der Waals surface area (Å²) < 4.78 is 43.7. The lowest BCUT2D eigenvalue weighted by Gasteiger charge is -2.35. The second-order valence-corrected chi connectivity index (χ2v) is 8.46. The number of nitrogen functional groups attached to an aromatic ring is 1. The Bertz CT molecular complexity index is 1330. The van der Waals surface area contributed by atoms with Crippen molar-refractivity contribution in [3.05, 3.63) is 59.7 Å². The van der Waals surface area contributed by atoms with Gasteiger partial charge in [0.05, 0.1) is 18.4 Å². The van der Waals surface area contributed by atoms with E-state index in [1.807, 2.05) is 23.1 Å². The van der Waals surface area contributed by atoms with Gasteiger partial charge in [0, 0.05) is 24.7 Å². The summed E-state index contributed by atoms with van der Waals surface area (Å²) in [7, 11) is 1.54. The Morgan fingerprint density at radius 3 is 2.47 bits per heavy atom. The zero-order chi connectivity index (χ0) is 26.7. The summed E-state index contributed by atoms with van der Waals surface area (Å²) in [6, 6.07) is 12.4. The maximum absolute atomic E-state index is 12.8. The van der Waals surface area contributed by atoms with Gasteiger partial charge in [0.15, 0.2) is 0 Å². The minimum absolute atomic E-state index is 0. The molecule has 1 aliphatic rings. The maximum Gasteiger partial charge on any atom is 0.455 e. The molecule has 0 radical (unpaired) electrons. The second-order valence-electron chi connectivity index (χ2n) is 8.46. The average Bonchev–Trinajstić information content (AvgIpc) is 2.87. The highest BCUT2D eigenvalue weighted by molar-refractivity contribution is 6.03. The lowest BCUT2D eigenvalue weighted by atomic mass is 10.0. The molecule has 4 N–H and O–H groups in total. The number of anilines is 3. The molecule has 2 aromatic heterocycles. The lowest BCUT2D eigenvalue weighted by molar-refractivity contribution is -0.0884. The van der Waals surface area contributed by atoms with Gasteiger partial charge in [0.2, 0.25) is 0 Å². The maximum atomic E-state index is 12.8. The van der Waals surface area contributed by atoms with Crippen LogP contribution in [-0.4, -0.2) is 59.2 Å². The predicted octanol–water partition coefficient (Wildman–Crippen LogP) is 4.89. The van der Waals surface area contributed by atoms with E-state index in [0.717, 1.165) is 6.07 Å². The quantitative estimate of drug-likeness (QED) is 0.365. The van der Waals surface area contributed by atoms with Gasteiger partial charge in [-0.1, -0.05) is 19.6 Å². The van der Waals surface area contributed by atoms with E-state index in [4.69, 9.17) is 10.5 Å². The number of carbonyl (C=O) groups is 2. The first-order chi connectivity index (χ1) is 17.6. The van der Waals surface area contributed by atoms with Crippen LogP contribution < -0.4 is 20.7 Å². The number of carboxylic acids is 1. The minimum Gasteiger partial charge on any atom is -0.496 e. The van der Waals surface area contributed by atoms with Gasteiger partial charge in [-0.05, 0) is 49.2 Å². The van der Waals surface area contributed by atoms with Crippen molar-refractivity contribution in [1.82, 2.24) is 9.97 Å². The van der Waals surface area contributed by atoms with Crippen LogP contribution in [0.3, 0.4) is 0 Å². The van der Waals surface area contributed by atoms with Crippen molar-refractivity contribution in [3.63, 3.8) is 0 Å². The number of halogens is 3. The van der Waals surface area contributed by atoms with Crippen molar-refractivity contribution < 1.29 is 32.6 Å². The Hall–Kier alpha value is -4.35. The van der Waals surface area contributed by atoms with Crippen molar-refractivity contribution in [1.29, 1.82) is 0 Å². The smallest absolute Gasteiger partial charge is 0.455 e. The number of nitrogens with zero attached hydrogens (tertiary/aromatic N) is 3. The Kier molecular flexibility index (Phi) is 8.44. The first-order valence-electron chi connectivity index (χ1n) is 11.4. The van der Waals surface area contributed by atoms with Gasteiger partial charge in [-0.2, -0.15) is 13.2 Å². The molecule has 202 valence electrons. The third-order valence-corrected chi connectivity index (χ3v) is 5.99. The number of nitrogens with one attached hydrogen (secondary N) is 1. The van der Waals surface area contributed by atoms with Crippen LogP contribution in [0.15, 0.2) is 48.5 Å². The van der Waals surface area contributed by atoms with E-state index in [1.54, 1.807) is 19.2 Å². The average molecular weight is 532 g/mol. The molecule has 0 aliphatic carbocycles. The number of pyridine rings is 2. The number of hydrogen-bond acceptors (Lipinski definition) is 8. The molecule has 4 rings (SSSR count). The van der Waals surface area contributed by atoms with Gasteiger partial charge in [-0.25, -0.2) is 14.8 Å². The highest BCUT2D eigenvalue weighted by atomic mass is 19.4. The van der Waals surface area contributed by atoms with E-state index < -0.39 is 29.3 Å². The number of Topliss-reactive ketones (excluding diaryl/α,β-unsaturated/α-hetero) is 1. The molecule has 1 unspecified atom stereocenters. The van der Waals surface area contributed by atoms with E-state index in [0.29, 0.717) is 48.8 Å². The molecule has 12 heteroatoms. The Balaban J connectivity index is 0.00000400. The summed E-state index contributed by atoms with van der Waals surface area (Å²) >= 11 is 0. The number of alkyl halides is 3. The number of methoxy groups -OCH3 is 1. The summed E-state index contributed by atoms with van der Waals surface area (Å²) in [5, 5.41) is 12.9. The number of rotatable bonds is 7. The number of carbonyl (C=O) groups excluding carboxylic acids is 1. The van der Waals surface area contributed by atoms with Gasteiger partial charge >= 0.3 is 12.1 Å². The summed E-state index contributed by atoms with van der Waals surface area (Å²) in [6.07, 6.45) is -3.67. The molecule has 0 saturated carbocycles. The highest BCUT2D eigenvalue weighted by Gasteiger charge is 2.40. The first kappa shape index (κ1) is 28.2. The monoisotopic (exact) mass is 531 g/mol. The molecule has 3 aromatic rings. The number of aromatic nitrogens is 2. The summed E-state index contributed by atoms with van der Waals surface area (Å²) in [6.45, 7) is 0.906. The van der Waals surface area contributed by atoms with Gasteiger partial charge in [-0.15, -0.1) is 0 Å². The fraction of sp³-hybridized carbons (Fsp3) is 0.308. The number of hydrogen-bond donors (Lipinski definition) is 3. The SMILES string of the molecule is C.COc1ccccc1-c1ccc(C(=O)O)c(N2CCCC(Nc3ccc(C(=O)C(F)(F)F)c(N)n3)C2)n1. The van der Waals surface area contributed by atoms with Gasteiger partial charge < -0.3 is 25.8 Å². The Morgan fingerprint density at radius 2 is 1.82 bits per heavy atom. The molecule has 9 nitrogen and oxygen atoms in total. The Morgan fingerprint density at radius 1 is 1.11 bits per heavy atom. The molecule has 1 fully saturated rings. The Labute approximate surface area is 217 Å². The number of ether oxygens (including phenoxy) is 1. The molecule has 1 aliphatic heterocycles. The minimum atomic E-state index is -5.05. The lowest BCUT2D eigenvalue weighted by Crippen LogP contribution is -2.43. The number of nitrogens with two attached hydrogens (primary N) is 1. The van der Waals surface area contributed by atoms with E-state index in [9.17, 15) is 27.9 Å². The molecule has 38 heavy (non-hydrogen) atoms. The highest BCUT2D eigenvalue weighted by Crippen LogP contribution is 2.32. The van der Waals surface area contributed by atoms with Crippen LogP contribution in [0.2, 0.25) is 0 Å². The third-order valence-electron chi connectivity index (χ3n) is 5.99. The van der Waals surface area contributed by atoms with Crippen LogP contribution in [0.25, 0.3) is 11.3 Å². The molecule has 3 heterocycles. The number of piperidine rings is 1. The fourth-order valence-corrected chi connectivity index (χ4v) is 4.26. The van der Waals surface area contributed by atoms with Crippen LogP contribution in [-0.2, 0) is 0 Å². The van der Waals surface area contributed by atoms with E-state index in [-0.39, 0.29) is 24.8 Å². The fourth-order valence-electron chi connectivity index (χ4n) is 4.26. The third kappa shape index (κ3) is 5.96. The van der Waals surface area contributed by atoms with Crippen LogP contribution in [0.1, 0.15) is 41.0 Å². The van der Waals surface area contributed by atoms with E-state index in [1.165, 1.54) is 12.1 Å². The van der Waals surface area contributed by atoms with Crippen LogP contribution in [0, 0.1) is 0 Å². The molecule has 0 spiro atoms. The molecule has 1 saturated heterocycles. The van der Waals surface area contributed by atoms with Crippen molar-refractivity contribution in [2.75, 3.05) is 36.1 Å². The molecule has 1 atom stereocenters. The van der Waals surface area contributed by atoms with Gasteiger partial charge in [0.25, 0.3) is 5.78 Å². The predicted molar refractivity (Wildman–Crippen MR) is 138 cm³/mol. The molecule has 1 aromatic carbocycles. The molecular weight excluding hydrogens is 503 g/mol. The summed E-state index contributed by atoms with van der Waals surface area (Å²) in [5.41, 5.74) is 6.21. The van der Waals surface area contributed by atoms with Gasteiger partial charge in [0.1, 0.15) is 28.8 Å². The van der Waals surface area contributed by atoms with Crippen LogP contribution in [0.4, 0.5) is 30.6 Å². The molecular formula is C26H28F3N5O4. The summed E-state index contributed by atoms with van der Waals surface area (Å²) in [5.74, 6) is -2.62. The van der Waals surface area contributed by atoms with Gasteiger partial charge in [-0.3, -0.25) is 4.79 Å². The first-order valence-corrected chi connectivity index (χ1v) is 11.4. The number of benzene rings is 1. The zero-order valence-corrected chi connectivity index (χ0v) is 19.7. The number of para-hydroxylation sites is 1. The number of ketones is 1. The standard InChI is InChI=1S/C25H24F3N5O4.CH4/c1-37-19-7-3-2-6-15(19)18-10-8-17(24(35)36)23(31-18)33-12-4-5-14(13-33)30-20-11-9-16(22(29)32-20)21(34)25(26,27)28;/h2-3,6-11,14H,4-5,12-13H2,1H3,(H,35,36)(H3,29,30,32);1H4. The van der Waals surface area contributed by atoms with Crippen molar-refractivity contribution in [2.45, 2.75) is 32.5 Å².